The number of aliphatic hydroxyl groups is 1. The van der Waals surface area contributed by atoms with Gasteiger partial charge >= 0.3 is 0 Å². The van der Waals surface area contributed by atoms with Gasteiger partial charge in [-0.3, -0.25) is 9.88 Å². The Bertz CT molecular complexity index is 796. The van der Waals surface area contributed by atoms with E-state index in [1.807, 2.05) is 0 Å². The molecule has 1 atom stereocenters. The van der Waals surface area contributed by atoms with Crippen molar-refractivity contribution < 1.29 is 13.5 Å². The number of sulfonamides is 1. The number of piperazine rings is 1. The van der Waals surface area contributed by atoms with E-state index in [1.165, 1.54) is 13.0 Å². The fourth-order valence-corrected chi connectivity index (χ4v) is 4.28. The van der Waals surface area contributed by atoms with Crippen LogP contribution in [0, 0.1) is 0 Å². The third kappa shape index (κ3) is 3.36. The number of fused-ring (bicyclic) bond motifs is 1. The van der Waals surface area contributed by atoms with Crippen LogP contribution in [0.15, 0.2) is 41.6 Å². The minimum atomic E-state index is -3.88. The Hall–Kier alpha value is -1.58. The van der Waals surface area contributed by atoms with Crippen LogP contribution < -0.4 is 10.0 Å². The SMILES string of the molecule is CC(O)(NS(=O)(=O)c1cccc2cnccc12)N1CCNCC1. The summed E-state index contributed by atoms with van der Waals surface area (Å²) in [4.78, 5) is 5.84. The molecule has 0 bridgehead atoms. The van der Waals surface area contributed by atoms with Gasteiger partial charge in [0.15, 0.2) is 5.85 Å². The number of nitrogens with zero attached hydrogens (tertiary/aromatic N) is 2. The highest BCUT2D eigenvalue weighted by Crippen LogP contribution is 2.23. The van der Waals surface area contributed by atoms with Crippen LogP contribution in [0.25, 0.3) is 10.8 Å². The molecule has 1 unspecified atom stereocenters. The Morgan fingerprint density at radius 1 is 1.30 bits per heavy atom. The maximum atomic E-state index is 12.8. The second-order valence-electron chi connectivity index (χ2n) is 5.72. The standard InChI is InChI=1S/C15H20N4O3S/c1-15(20,19-9-7-16-8-10-19)18-23(21,22)14-4-2-3-12-11-17-6-5-13(12)14/h2-6,11,16,18,20H,7-10H2,1H3. The molecule has 0 spiro atoms. The molecule has 0 aliphatic carbocycles. The Morgan fingerprint density at radius 3 is 2.78 bits per heavy atom. The molecule has 1 fully saturated rings. The van der Waals surface area contributed by atoms with Crippen LogP contribution in [0.5, 0.6) is 0 Å². The zero-order valence-electron chi connectivity index (χ0n) is 12.9. The van der Waals surface area contributed by atoms with E-state index in [1.54, 1.807) is 35.5 Å². The third-order valence-corrected chi connectivity index (χ3v) is 5.58. The quantitative estimate of drug-likeness (QED) is 0.685. The lowest BCUT2D eigenvalue weighted by molar-refractivity contribution is -0.107. The lowest BCUT2D eigenvalue weighted by Crippen LogP contribution is -2.62. The first kappa shape index (κ1) is 16.3. The van der Waals surface area contributed by atoms with Crippen LogP contribution in [0.1, 0.15) is 6.92 Å². The van der Waals surface area contributed by atoms with E-state index in [-0.39, 0.29) is 4.90 Å². The van der Waals surface area contributed by atoms with Gasteiger partial charge in [0, 0.05) is 49.3 Å². The molecular formula is C15H20N4O3S. The maximum absolute atomic E-state index is 12.8. The molecule has 23 heavy (non-hydrogen) atoms. The smallest absolute Gasteiger partial charge is 0.244 e. The van der Waals surface area contributed by atoms with E-state index >= 15 is 0 Å². The fourth-order valence-electron chi connectivity index (χ4n) is 2.80. The van der Waals surface area contributed by atoms with Gasteiger partial charge in [0.05, 0.1) is 4.90 Å². The van der Waals surface area contributed by atoms with Crippen molar-refractivity contribution in [1.82, 2.24) is 19.9 Å². The van der Waals surface area contributed by atoms with Gasteiger partial charge in [-0.15, -0.1) is 0 Å². The van der Waals surface area contributed by atoms with Gasteiger partial charge < -0.3 is 10.4 Å². The van der Waals surface area contributed by atoms with Crippen molar-refractivity contribution in [2.24, 2.45) is 0 Å². The summed E-state index contributed by atoms with van der Waals surface area (Å²) in [7, 11) is -3.88. The molecule has 2 heterocycles. The molecule has 2 aromatic rings. The first-order chi connectivity index (χ1) is 10.9. The fraction of sp³-hybridized carbons (Fsp3) is 0.400. The monoisotopic (exact) mass is 336 g/mol. The van der Waals surface area contributed by atoms with Crippen molar-refractivity contribution in [1.29, 1.82) is 0 Å². The Kier molecular flexibility index (Phi) is 4.35. The van der Waals surface area contributed by atoms with Gasteiger partial charge in [-0.25, -0.2) is 8.42 Å². The molecule has 1 aliphatic rings. The summed E-state index contributed by atoms with van der Waals surface area (Å²) in [6.45, 7) is 4.00. The number of hydrogen-bond donors (Lipinski definition) is 3. The molecule has 3 rings (SSSR count). The average molecular weight is 336 g/mol. The Morgan fingerprint density at radius 2 is 2.04 bits per heavy atom. The number of pyridine rings is 1. The Balaban J connectivity index is 1.94. The van der Waals surface area contributed by atoms with Crippen molar-refractivity contribution in [3.63, 3.8) is 0 Å². The lowest BCUT2D eigenvalue weighted by atomic mass is 10.2. The van der Waals surface area contributed by atoms with Gasteiger partial charge in [0.1, 0.15) is 0 Å². The topological polar surface area (TPSA) is 94.6 Å². The van der Waals surface area contributed by atoms with E-state index < -0.39 is 15.9 Å². The summed E-state index contributed by atoms with van der Waals surface area (Å²) in [6, 6.07) is 6.65. The predicted molar refractivity (Wildman–Crippen MR) is 87.1 cm³/mol. The highest BCUT2D eigenvalue weighted by Gasteiger charge is 2.35. The molecule has 0 amide bonds. The van der Waals surface area contributed by atoms with Crippen molar-refractivity contribution in [2.45, 2.75) is 17.7 Å². The molecule has 1 aromatic carbocycles. The first-order valence-electron chi connectivity index (χ1n) is 7.45. The molecule has 3 N–H and O–H groups in total. The number of benzene rings is 1. The molecule has 1 saturated heterocycles. The molecule has 8 heteroatoms. The second kappa shape index (κ2) is 6.14. The van der Waals surface area contributed by atoms with Gasteiger partial charge in [-0.05, 0) is 19.1 Å². The molecule has 1 aromatic heterocycles. The zero-order valence-corrected chi connectivity index (χ0v) is 13.7. The summed E-state index contributed by atoms with van der Waals surface area (Å²) < 4.78 is 28.0. The number of hydrogen-bond acceptors (Lipinski definition) is 6. The minimum Gasteiger partial charge on any atom is -0.362 e. The van der Waals surface area contributed by atoms with Gasteiger partial charge in [0.2, 0.25) is 10.0 Å². The summed E-state index contributed by atoms with van der Waals surface area (Å²) in [5.74, 6) is -1.64. The normalized spacial score (nSPS) is 19.6. The number of aromatic nitrogens is 1. The summed E-state index contributed by atoms with van der Waals surface area (Å²) in [6.07, 6.45) is 3.17. The van der Waals surface area contributed by atoms with Crippen LogP contribution in [0.2, 0.25) is 0 Å². The van der Waals surface area contributed by atoms with Crippen LogP contribution in [0.3, 0.4) is 0 Å². The zero-order chi connectivity index (χ0) is 16.5. The van der Waals surface area contributed by atoms with Crippen molar-refractivity contribution in [3.8, 4) is 0 Å². The van der Waals surface area contributed by atoms with E-state index in [2.05, 4.69) is 15.0 Å². The summed E-state index contributed by atoms with van der Waals surface area (Å²) in [5.41, 5.74) is 0. The van der Waals surface area contributed by atoms with E-state index in [0.29, 0.717) is 31.6 Å². The van der Waals surface area contributed by atoms with Crippen LogP contribution in [0.4, 0.5) is 0 Å². The number of rotatable bonds is 4. The predicted octanol–water partition coefficient (Wildman–Crippen LogP) is 0.0843. The molecule has 0 radical (unpaired) electrons. The van der Waals surface area contributed by atoms with E-state index in [4.69, 9.17) is 0 Å². The number of nitrogens with one attached hydrogen (secondary N) is 2. The van der Waals surface area contributed by atoms with Crippen LogP contribution in [-0.4, -0.2) is 55.4 Å². The second-order valence-corrected chi connectivity index (χ2v) is 7.37. The summed E-state index contributed by atoms with van der Waals surface area (Å²) in [5, 5.41) is 15.1. The van der Waals surface area contributed by atoms with Crippen molar-refractivity contribution in [2.75, 3.05) is 26.2 Å². The highest BCUT2D eigenvalue weighted by atomic mass is 32.2. The molecule has 124 valence electrons. The van der Waals surface area contributed by atoms with Crippen LogP contribution >= 0.6 is 0 Å². The maximum Gasteiger partial charge on any atom is 0.244 e. The first-order valence-corrected chi connectivity index (χ1v) is 8.93. The van der Waals surface area contributed by atoms with Crippen LogP contribution in [-0.2, 0) is 10.0 Å². The molecule has 0 saturated carbocycles. The van der Waals surface area contributed by atoms with Gasteiger partial charge in [-0.2, -0.15) is 4.72 Å². The largest absolute Gasteiger partial charge is 0.362 e. The van der Waals surface area contributed by atoms with Gasteiger partial charge in [0.25, 0.3) is 0 Å². The van der Waals surface area contributed by atoms with E-state index in [9.17, 15) is 13.5 Å². The third-order valence-electron chi connectivity index (χ3n) is 3.99. The lowest BCUT2D eigenvalue weighted by Gasteiger charge is -2.39. The Labute approximate surface area is 135 Å². The van der Waals surface area contributed by atoms with E-state index in [0.717, 1.165) is 5.39 Å². The minimum absolute atomic E-state index is 0.132. The van der Waals surface area contributed by atoms with Crippen molar-refractivity contribution in [3.05, 3.63) is 36.7 Å². The molecular weight excluding hydrogens is 316 g/mol. The van der Waals surface area contributed by atoms with Gasteiger partial charge in [-0.1, -0.05) is 12.1 Å². The summed E-state index contributed by atoms with van der Waals surface area (Å²) >= 11 is 0. The molecule has 1 aliphatic heterocycles. The molecule has 7 nitrogen and oxygen atoms in total. The van der Waals surface area contributed by atoms with Crippen molar-refractivity contribution >= 4 is 20.8 Å². The highest BCUT2D eigenvalue weighted by molar-refractivity contribution is 7.89. The average Bonchev–Trinajstić information content (AvgIpc) is 2.54.